The zero-order chi connectivity index (χ0) is 19.6. The lowest BCUT2D eigenvalue weighted by atomic mass is 10.1. The van der Waals surface area contributed by atoms with Gasteiger partial charge in [-0.1, -0.05) is 23.7 Å². The summed E-state index contributed by atoms with van der Waals surface area (Å²) in [5, 5.41) is 9.50. The Kier molecular flexibility index (Phi) is 5.05. The van der Waals surface area contributed by atoms with E-state index in [0.717, 1.165) is 0 Å². The molecule has 0 amide bonds. The van der Waals surface area contributed by atoms with Gasteiger partial charge in [0.05, 0.1) is 34.2 Å². The molecule has 0 fully saturated rings. The number of methoxy groups -OCH3 is 1. The molecule has 0 spiro atoms. The number of H-pyrrole nitrogens is 1. The van der Waals surface area contributed by atoms with Gasteiger partial charge in [-0.3, -0.25) is 4.79 Å². The molecule has 136 valence electrons. The Labute approximate surface area is 157 Å². The van der Waals surface area contributed by atoms with Crippen molar-refractivity contribution in [2.75, 3.05) is 7.11 Å². The maximum atomic E-state index is 12.2. The number of esters is 1. The van der Waals surface area contributed by atoms with Gasteiger partial charge in [0.15, 0.2) is 5.82 Å². The predicted octanol–water partition coefficient (Wildman–Crippen LogP) is 3.14. The molecule has 0 radical (unpaired) electrons. The summed E-state index contributed by atoms with van der Waals surface area (Å²) < 4.78 is 4.64. The van der Waals surface area contributed by atoms with Gasteiger partial charge in [0.1, 0.15) is 0 Å². The lowest BCUT2D eigenvalue weighted by Gasteiger charge is -2.04. The highest BCUT2D eigenvalue weighted by molar-refractivity contribution is 6.50. The summed E-state index contributed by atoms with van der Waals surface area (Å²) in [5.41, 5.74) is 0.879. The molecule has 3 rings (SSSR count). The largest absolute Gasteiger partial charge is 0.478 e. The van der Waals surface area contributed by atoms with Crippen molar-refractivity contribution in [3.8, 4) is 0 Å². The Hall–Kier alpha value is -3.45. The number of carbonyl (C=O) groups excluding carboxylic acids is 1. The van der Waals surface area contributed by atoms with E-state index in [1.165, 1.54) is 25.3 Å². The van der Waals surface area contributed by atoms with Crippen LogP contribution in [-0.2, 0) is 4.74 Å². The first-order chi connectivity index (χ1) is 12.9. The fraction of sp³-hybridized carbons (Fsp3) is 0.0526. The van der Waals surface area contributed by atoms with Crippen LogP contribution in [0.5, 0.6) is 0 Å². The minimum absolute atomic E-state index is 0.0186. The number of aromatic nitrogens is 2. The lowest BCUT2D eigenvalue weighted by molar-refractivity contribution is 0.0600. The summed E-state index contributed by atoms with van der Waals surface area (Å²) in [6.45, 7) is 0. The van der Waals surface area contributed by atoms with Crippen molar-refractivity contribution in [1.82, 2.24) is 9.97 Å². The highest BCUT2D eigenvalue weighted by Crippen LogP contribution is 2.21. The van der Waals surface area contributed by atoms with Gasteiger partial charge in [0.25, 0.3) is 5.56 Å². The molecule has 1 aromatic heterocycles. The molecule has 0 aliphatic rings. The minimum atomic E-state index is -1.12. The van der Waals surface area contributed by atoms with Crippen LogP contribution in [0.4, 0.5) is 0 Å². The van der Waals surface area contributed by atoms with E-state index in [0.29, 0.717) is 11.1 Å². The Morgan fingerprint density at radius 1 is 1.15 bits per heavy atom. The molecule has 0 aliphatic carbocycles. The molecule has 0 bridgehead atoms. The summed E-state index contributed by atoms with van der Waals surface area (Å²) in [7, 11) is 1.30. The van der Waals surface area contributed by atoms with E-state index < -0.39 is 17.5 Å². The van der Waals surface area contributed by atoms with Crippen molar-refractivity contribution >= 4 is 45.6 Å². The first-order valence-corrected chi connectivity index (χ1v) is 8.10. The first kappa shape index (κ1) is 18.3. The summed E-state index contributed by atoms with van der Waals surface area (Å²) in [6.07, 6.45) is 1.56. The van der Waals surface area contributed by atoms with Crippen molar-refractivity contribution in [1.29, 1.82) is 0 Å². The quantitative estimate of drug-likeness (QED) is 0.669. The third-order valence-corrected chi connectivity index (χ3v) is 4.09. The maximum absolute atomic E-state index is 12.2. The van der Waals surface area contributed by atoms with Gasteiger partial charge in [0.2, 0.25) is 0 Å². The zero-order valence-corrected chi connectivity index (χ0v) is 14.8. The van der Waals surface area contributed by atoms with Crippen LogP contribution in [0.15, 0.2) is 47.3 Å². The molecule has 2 N–H and O–H groups in total. The first-order valence-electron chi connectivity index (χ1n) is 7.72. The number of benzene rings is 2. The van der Waals surface area contributed by atoms with Gasteiger partial charge in [-0.15, -0.1) is 0 Å². The number of hydrogen-bond donors (Lipinski definition) is 2. The van der Waals surface area contributed by atoms with Crippen molar-refractivity contribution in [3.05, 3.63) is 75.3 Å². The minimum Gasteiger partial charge on any atom is -0.478 e. The summed E-state index contributed by atoms with van der Waals surface area (Å²) in [4.78, 5) is 41.6. The molecule has 0 unspecified atom stereocenters. The average molecular weight is 385 g/mol. The molecular weight excluding hydrogens is 372 g/mol. The fourth-order valence-electron chi connectivity index (χ4n) is 2.43. The van der Waals surface area contributed by atoms with Crippen LogP contribution in [0.2, 0.25) is 0 Å². The van der Waals surface area contributed by atoms with E-state index in [1.54, 1.807) is 30.3 Å². The highest BCUT2D eigenvalue weighted by atomic mass is 35.5. The molecule has 0 atom stereocenters. The second-order valence-electron chi connectivity index (χ2n) is 5.56. The van der Waals surface area contributed by atoms with Crippen LogP contribution in [0.25, 0.3) is 22.0 Å². The fourth-order valence-corrected chi connectivity index (χ4v) is 2.65. The third kappa shape index (κ3) is 3.88. The molecule has 0 aliphatic heterocycles. The van der Waals surface area contributed by atoms with Crippen molar-refractivity contribution in [2.24, 2.45) is 0 Å². The number of nitrogens with one attached hydrogen (secondary N) is 1. The molecule has 2 aromatic carbocycles. The van der Waals surface area contributed by atoms with Crippen LogP contribution in [-0.4, -0.2) is 34.1 Å². The van der Waals surface area contributed by atoms with Crippen LogP contribution in [0.3, 0.4) is 0 Å². The summed E-state index contributed by atoms with van der Waals surface area (Å²) in [6, 6.07) is 10.5. The van der Waals surface area contributed by atoms with Gasteiger partial charge in [-0.25, -0.2) is 14.6 Å². The highest BCUT2D eigenvalue weighted by Gasteiger charge is 2.10. The molecule has 3 aromatic rings. The van der Waals surface area contributed by atoms with Crippen LogP contribution < -0.4 is 5.56 Å². The molecule has 7 nitrogen and oxygen atoms in total. The number of fused-ring (bicyclic) bond motifs is 1. The number of aromatic carboxylic acids is 1. The number of carbonyl (C=O) groups is 2. The molecule has 27 heavy (non-hydrogen) atoms. The number of hydrogen-bond acceptors (Lipinski definition) is 5. The molecule has 8 heteroatoms. The van der Waals surface area contributed by atoms with Gasteiger partial charge in [-0.05, 0) is 42.0 Å². The van der Waals surface area contributed by atoms with Gasteiger partial charge < -0.3 is 14.8 Å². The molecule has 1 heterocycles. The summed E-state index contributed by atoms with van der Waals surface area (Å²) in [5.74, 6) is -1.46. The van der Waals surface area contributed by atoms with E-state index in [1.807, 2.05) is 0 Å². The standard InChI is InChI=1S/C19H13ClN2O5/c1-27-19(26)11-4-2-10(3-5-11)8-14(20)16-21-15-9-12(18(24)25)6-7-13(15)17(23)22-16/h2-9H,1H3,(H,24,25)(H,21,22,23)/b14-8-. The normalized spacial score (nSPS) is 11.4. The third-order valence-electron chi connectivity index (χ3n) is 3.80. The van der Waals surface area contributed by atoms with Crippen LogP contribution in [0.1, 0.15) is 32.1 Å². The second kappa shape index (κ2) is 7.43. The van der Waals surface area contributed by atoms with Gasteiger partial charge >= 0.3 is 11.9 Å². The molecule has 0 saturated carbocycles. The Morgan fingerprint density at radius 3 is 2.44 bits per heavy atom. The monoisotopic (exact) mass is 384 g/mol. The number of rotatable bonds is 4. The van der Waals surface area contributed by atoms with E-state index in [9.17, 15) is 14.4 Å². The Balaban J connectivity index is 2.00. The van der Waals surface area contributed by atoms with Crippen molar-refractivity contribution in [3.63, 3.8) is 0 Å². The number of aromatic amines is 1. The van der Waals surface area contributed by atoms with E-state index in [-0.39, 0.29) is 27.3 Å². The van der Waals surface area contributed by atoms with Crippen LogP contribution in [0, 0.1) is 0 Å². The Morgan fingerprint density at radius 2 is 1.81 bits per heavy atom. The Bertz CT molecular complexity index is 1130. The SMILES string of the molecule is COC(=O)c1ccc(/C=C(\Cl)c2nc3cc(C(=O)O)ccc3c(=O)[nH]2)cc1. The predicted molar refractivity (Wildman–Crippen MR) is 101 cm³/mol. The van der Waals surface area contributed by atoms with E-state index >= 15 is 0 Å². The average Bonchev–Trinajstić information content (AvgIpc) is 2.67. The molecular formula is C19H13ClN2O5. The molecule has 0 saturated heterocycles. The maximum Gasteiger partial charge on any atom is 0.337 e. The number of ether oxygens (including phenoxy) is 1. The number of nitrogens with zero attached hydrogens (tertiary/aromatic N) is 1. The summed E-state index contributed by atoms with van der Waals surface area (Å²) >= 11 is 6.27. The number of carboxylic acid groups (broad SMARTS) is 1. The topological polar surface area (TPSA) is 109 Å². The van der Waals surface area contributed by atoms with Crippen molar-refractivity contribution < 1.29 is 19.4 Å². The van der Waals surface area contributed by atoms with E-state index in [4.69, 9.17) is 16.7 Å². The smallest absolute Gasteiger partial charge is 0.337 e. The van der Waals surface area contributed by atoms with Crippen LogP contribution >= 0.6 is 11.6 Å². The zero-order valence-electron chi connectivity index (χ0n) is 14.0. The van der Waals surface area contributed by atoms with Gasteiger partial charge in [-0.2, -0.15) is 0 Å². The number of carboxylic acids is 1. The van der Waals surface area contributed by atoms with Gasteiger partial charge in [0, 0.05) is 0 Å². The second-order valence-corrected chi connectivity index (χ2v) is 5.96. The lowest BCUT2D eigenvalue weighted by Crippen LogP contribution is -2.11. The number of halogens is 1. The van der Waals surface area contributed by atoms with E-state index in [2.05, 4.69) is 14.7 Å². The van der Waals surface area contributed by atoms with Crippen molar-refractivity contribution in [2.45, 2.75) is 0 Å².